The monoisotopic (exact) mass is 422 g/mol. The first-order chi connectivity index (χ1) is 14.6. The molecule has 0 aliphatic rings. The lowest BCUT2D eigenvalue weighted by Gasteiger charge is -2.06. The van der Waals surface area contributed by atoms with E-state index >= 15 is 0 Å². The van der Waals surface area contributed by atoms with E-state index in [4.69, 9.17) is 0 Å². The third kappa shape index (κ3) is 4.62. The number of carbonyl (C=O) groups is 1. The smallest absolute Gasteiger partial charge is 0.234 e. The van der Waals surface area contributed by atoms with Gasteiger partial charge in [0.15, 0.2) is 11.2 Å². The van der Waals surface area contributed by atoms with E-state index < -0.39 is 0 Å². The summed E-state index contributed by atoms with van der Waals surface area (Å²) in [5.74, 6) is -0.232. The van der Waals surface area contributed by atoms with Crippen LogP contribution in [0.5, 0.6) is 0 Å². The highest BCUT2D eigenvalue weighted by Crippen LogP contribution is 2.23. The molecule has 2 aromatic carbocycles. The van der Waals surface area contributed by atoms with Gasteiger partial charge in [-0.25, -0.2) is 19.0 Å². The molecule has 0 fully saturated rings. The average molecular weight is 422 g/mol. The fourth-order valence-electron chi connectivity index (χ4n) is 2.90. The number of nitrogens with zero attached hydrogens (tertiary/aromatic N) is 5. The van der Waals surface area contributed by atoms with E-state index in [1.165, 1.54) is 35.8 Å². The molecule has 0 atom stereocenters. The Morgan fingerprint density at radius 2 is 1.80 bits per heavy atom. The minimum Gasteiger partial charge on any atom is -0.325 e. The van der Waals surface area contributed by atoms with Crippen LogP contribution >= 0.6 is 11.8 Å². The number of rotatable bonds is 7. The normalized spacial score (nSPS) is 11.0. The van der Waals surface area contributed by atoms with Crippen molar-refractivity contribution in [2.45, 2.75) is 24.9 Å². The number of aromatic nitrogens is 5. The number of fused-ring (bicyclic) bond motifs is 1. The number of hydrogen-bond acceptors (Lipinski definition) is 6. The van der Waals surface area contributed by atoms with Crippen LogP contribution in [-0.2, 0) is 17.8 Å². The molecule has 9 heteroatoms. The zero-order valence-electron chi connectivity index (χ0n) is 16.2. The number of benzene rings is 2. The lowest BCUT2D eigenvalue weighted by molar-refractivity contribution is -0.113. The quantitative estimate of drug-likeness (QED) is 0.361. The number of halogens is 1. The molecule has 30 heavy (non-hydrogen) atoms. The van der Waals surface area contributed by atoms with Gasteiger partial charge in [-0.05, 0) is 41.8 Å². The Balaban J connectivity index is 1.43. The lowest BCUT2D eigenvalue weighted by atomic mass is 10.1. The molecule has 0 aliphatic carbocycles. The van der Waals surface area contributed by atoms with Gasteiger partial charge in [-0.15, -0.1) is 5.10 Å². The number of anilines is 1. The maximum atomic E-state index is 13.1. The van der Waals surface area contributed by atoms with Gasteiger partial charge in [-0.3, -0.25) is 4.79 Å². The van der Waals surface area contributed by atoms with Crippen molar-refractivity contribution >= 4 is 34.5 Å². The van der Waals surface area contributed by atoms with Crippen LogP contribution in [0.2, 0.25) is 0 Å². The Kier molecular flexibility index (Phi) is 5.99. The fraction of sp³-hybridized carbons (Fsp3) is 0.190. The van der Waals surface area contributed by atoms with Crippen molar-refractivity contribution < 1.29 is 9.18 Å². The second-order valence-corrected chi connectivity index (χ2v) is 7.58. The summed E-state index contributed by atoms with van der Waals surface area (Å²) in [4.78, 5) is 20.8. The molecule has 1 amide bonds. The summed E-state index contributed by atoms with van der Waals surface area (Å²) in [6, 6.07) is 14.0. The molecule has 152 valence electrons. The van der Waals surface area contributed by atoms with Crippen LogP contribution in [0.1, 0.15) is 18.1 Å². The van der Waals surface area contributed by atoms with Crippen LogP contribution in [0.3, 0.4) is 0 Å². The molecule has 0 spiro atoms. The number of thioether (sulfide) groups is 1. The topological polar surface area (TPSA) is 85.6 Å². The number of nitrogens with one attached hydrogen (secondary N) is 1. The second-order valence-electron chi connectivity index (χ2n) is 6.61. The highest BCUT2D eigenvalue weighted by atomic mass is 32.2. The van der Waals surface area contributed by atoms with Crippen LogP contribution in [0.25, 0.3) is 11.2 Å². The van der Waals surface area contributed by atoms with Crippen molar-refractivity contribution in [3.05, 3.63) is 71.8 Å². The Morgan fingerprint density at radius 3 is 2.53 bits per heavy atom. The zero-order chi connectivity index (χ0) is 20.9. The summed E-state index contributed by atoms with van der Waals surface area (Å²) in [5.41, 5.74) is 3.95. The van der Waals surface area contributed by atoms with Gasteiger partial charge in [0.1, 0.15) is 17.2 Å². The summed E-state index contributed by atoms with van der Waals surface area (Å²) in [6.45, 7) is 2.49. The van der Waals surface area contributed by atoms with Gasteiger partial charge in [-0.1, -0.05) is 48.2 Å². The number of amides is 1. The van der Waals surface area contributed by atoms with Crippen LogP contribution in [0, 0.1) is 5.82 Å². The van der Waals surface area contributed by atoms with Crippen LogP contribution < -0.4 is 5.32 Å². The van der Waals surface area contributed by atoms with Crippen molar-refractivity contribution in [2.75, 3.05) is 11.1 Å². The Bertz CT molecular complexity index is 1160. The van der Waals surface area contributed by atoms with Crippen LogP contribution in [0.15, 0.2) is 59.9 Å². The zero-order valence-corrected chi connectivity index (χ0v) is 17.1. The summed E-state index contributed by atoms with van der Waals surface area (Å²) >= 11 is 1.28. The van der Waals surface area contributed by atoms with Crippen molar-refractivity contribution in [1.82, 2.24) is 25.0 Å². The summed E-state index contributed by atoms with van der Waals surface area (Å²) in [6.07, 6.45) is 2.38. The molecule has 2 heterocycles. The molecule has 0 saturated carbocycles. The largest absolute Gasteiger partial charge is 0.325 e. The molecule has 1 N–H and O–H groups in total. The van der Waals surface area contributed by atoms with Gasteiger partial charge >= 0.3 is 0 Å². The predicted octanol–water partition coefficient (Wildman–Crippen LogP) is 3.70. The Hall–Kier alpha value is -3.33. The summed E-state index contributed by atoms with van der Waals surface area (Å²) < 4.78 is 14.7. The average Bonchev–Trinajstić information content (AvgIpc) is 3.18. The molecular weight excluding hydrogens is 403 g/mol. The van der Waals surface area contributed by atoms with Crippen LogP contribution in [0.4, 0.5) is 10.1 Å². The Labute approximate surface area is 176 Å². The number of aryl methyl sites for hydroxylation is 1. The minimum absolute atomic E-state index is 0.130. The third-order valence-electron chi connectivity index (χ3n) is 4.50. The number of hydrogen-bond donors (Lipinski definition) is 1. The first-order valence-corrected chi connectivity index (χ1v) is 10.4. The van der Waals surface area contributed by atoms with Crippen molar-refractivity contribution in [3.8, 4) is 0 Å². The highest BCUT2D eigenvalue weighted by Gasteiger charge is 2.14. The van der Waals surface area contributed by atoms with E-state index in [9.17, 15) is 9.18 Å². The maximum absolute atomic E-state index is 13.1. The van der Waals surface area contributed by atoms with Gasteiger partial charge in [0.05, 0.1) is 12.3 Å². The molecule has 0 radical (unpaired) electrons. The van der Waals surface area contributed by atoms with Gasteiger partial charge in [0.2, 0.25) is 5.91 Å². The predicted molar refractivity (Wildman–Crippen MR) is 114 cm³/mol. The van der Waals surface area contributed by atoms with Crippen molar-refractivity contribution in [2.24, 2.45) is 0 Å². The molecule has 0 aliphatic heterocycles. The Morgan fingerprint density at radius 1 is 1.07 bits per heavy atom. The van der Waals surface area contributed by atoms with Gasteiger partial charge in [0, 0.05) is 5.69 Å². The van der Waals surface area contributed by atoms with E-state index in [1.54, 1.807) is 16.8 Å². The number of carbonyl (C=O) groups excluding carboxylic acids is 1. The van der Waals surface area contributed by atoms with Crippen molar-refractivity contribution in [3.63, 3.8) is 0 Å². The van der Waals surface area contributed by atoms with Crippen molar-refractivity contribution in [1.29, 1.82) is 0 Å². The molecule has 2 aromatic heterocycles. The molecular formula is C21H19FN6OS. The maximum Gasteiger partial charge on any atom is 0.234 e. The van der Waals surface area contributed by atoms with Gasteiger partial charge in [-0.2, -0.15) is 0 Å². The molecule has 4 aromatic rings. The lowest BCUT2D eigenvalue weighted by Crippen LogP contribution is -2.14. The van der Waals surface area contributed by atoms with E-state index in [-0.39, 0.29) is 17.5 Å². The summed E-state index contributed by atoms with van der Waals surface area (Å²) in [5, 5.41) is 11.8. The minimum atomic E-state index is -0.289. The van der Waals surface area contributed by atoms with Crippen LogP contribution in [-0.4, -0.2) is 36.6 Å². The first kappa shape index (κ1) is 20.0. The van der Waals surface area contributed by atoms with Gasteiger partial charge in [0.25, 0.3) is 0 Å². The van der Waals surface area contributed by atoms with E-state index in [1.807, 2.05) is 24.3 Å². The molecule has 0 unspecified atom stereocenters. The third-order valence-corrected chi connectivity index (χ3v) is 5.48. The first-order valence-electron chi connectivity index (χ1n) is 9.42. The molecule has 4 rings (SSSR count). The molecule has 0 bridgehead atoms. The standard InChI is InChI=1S/C21H19FN6OS/c1-2-14-5-9-17(10-6-14)25-18(29)12-30-21-19-20(23-13-24-21)28(27-26-19)11-15-3-7-16(22)8-4-15/h3-10,13H,2,11-12H2,1H3,(H,25,29). The second kappa shape index (κ2) is 9.00. The molecule has 7 nitrogen and oxygen atoms in total. The molecule has 0 saturated heterocycles. The van der Waals surface area contributed by atoms with E-state index in [0.717, 1.165) is 17.7 Å². The van der Waals surface area contributed by atoms with Gasteiger partial charge < -0.3 is 5.32 Å². The SMILES string of the molecule is CCc1ccc(NC(=O)CSc2ncnc3c2nnn3Cc2ccc(F)cc2)cc1. The summed E-state index contributed by atoms with van der Waals surface area (Å²) in [7, 11) is 0. The highest BCUT2D eigenvalue weighted by molar-refractivity contribution is 8.00. The van der Waals surface area contributed by atoms with E-state index in [0.29, 0.717) is 22.7 Å². The van der Waals surface area contributed by atoms with E-state index in [2.05, 4.69) is 32.5 Å². The fourth-order valence-corrected chi connectivity index (χ4v) is 3.63.